The normalized spacial score (nSPS) is 10.4. The van der Waals surface area contributed by atoms with Gasteiger partial charge in [0.1, 0.15) is 5.84 Å². The standard InChI is InChI=1S/C10H8ClIN4/c11-9-3-7(1-2-8(9)10(13)14)16-5-6(12)4-15-16/h1-5H,(H3,13,14). The number of hydrogen-bond acceptors (Lipinski definition) is 2. The molecule has 0 spiro atoms. The van der Waals surface area contributed by atoms with Gasteiger partial charge in [0.05, 0.1) is 20.5 Å². The molecule has 0 bridgehead atoms. The van der Waals surface area contributed by atoms with E-state index in [1.165, 1.54) is 0 Å². The third-order valence-electron chi connectivity index (χ3n) is 2.06. The van der Waals surface area contributed by atoms with Crippen LogP contribution < -0.4 is 5.73 Å². The molecule has 0 unspecified atom stereocenters. The second-order valence-electron chi connectivity index (χ2n) is 3.18. The number of nitrogens with one attached hydrogen (secondary N) is 1. The number of amidine groups is 1. The topological polar surface area (TPSA) is 67.7 Å². The van der Waals surface area contributed by atoms with Crippen LogP contribution in [0.25, 0.3) is 5.69 Å². The van der Waals surface area contributed by atoms with Crippen molar-refractivity contribution < 1.29 is 0 Å². The van der Waals surface area contributed by atoms with E-state index in [-0.39, 0.29) is 5.84 Å². The van der Waals surface area contributed by atoms with Gasteiger partial charge >= 0.3 is 0 Å². The Labute approximate surface area is 111 Å². The van der Waals surface area contributed by atoms with Crippen molar-refractivity contribution in [1.29, 1.82) is 5.41 Å². The lowest BCUT2D eigenvalue weighted by molar-refractivity contribution is 0.880. The number of aromatic nitrogens is 2. The van der Waals surface area contributed by atoms with Crippen molar-refractivity contribution in [2.24, 2.45) is 5.73 Å². The van der Waals surface area contributed by atoms with Crippen molar-refractivity contribution in [1.82, 2.24) is 9.78 Å². The van der Waals surface area contributed by atoms with E-state index in [2.05, 4.69) is 27.7 Å². The predicted octanol–water partition coefficient (Wildman–Crippen LogP) is 2.41. The van der Waals surface area contributed by atoms with Crippen LogP contribution in [0.15, 0.2) is 30.6 Å². The lowest BCUT2D eigenvalue weighted by atomic mass is 10.2. The van der Waals surface area contributed by atoms with Crippen molar-refractivity contribution in [3.8, 4) is 5.69 Å². The Kier molecular flexibility index (Phi) is 3.15. The number of benzene rings is 1. The molecule has 0 fully saturated rings. The Morgan fingerprint density at radius 2 is 2.25 bits per heavy atom. The van der Waals surface area contributed by atoms with Gasteiger partial charge in [-0.1, -0.05) is 11.6 Å². The predicted molar refractivity (Wildman–Crippen MR) is 72.3 cm³/mol. The van der Waals surface area contributed by atoms with Gasteiger partial charge in [0.25, 0.3) is 0 Å². The minimum Gasteiger partial charge on any atom is -0.384 e. The minimum absolute atomic E-state index is 0.0356. The van der Waals surface area contributed by atoms with Crippen LogP contribution in [0, 0.1) is 8.98 Å². The van der Waals surface area contributed by atoms with Gasteiger partial charge < -0.3 is 5.73 Å². The molecule has 1 aromatic heterocycles. The first kappa shape index (κ1) is 11.4. The second-order valence-corrected chi connectivity index (χ2v) is 4.83. The summed E-state index contributed by atoms with van der Waals surface area (Å²) in [5.74, 6) is -0.0356. The van der Waals surface area contributed by atoms with Crippen LogP contribution in [0.2, 0.25) is 5.02 Å². The molecule has 2 rings (SSSR count). The number of halogens is 2. The first-order valence-electron chi connectivity index (χ1n) is 4.42. The summed E-state index contributed by atoms with van der Waals surface area (Å²) >= 11 is 8.20. The van der Waals surface area contributed by atoms with Crippen molar-refractivity contribution in [2.45, 2.75) is 0 Å². The molecule has 4 nitrogen and oxygen atoms in total. The summed E-state index contributed by atoms with van der Waals surface area (Å²) in [6.07, 6.45) is 3.65. The molecule has 82 valence electrons. The number of nitrogens with zero attached hydrogens (tertiary/aromatic N) is 2. The average molecular weight is 347 g/mol. The van der Waals surface area contributed by atoms with Gasteiger partial charge in [0.2, 0.25) is 0 Å². The van der Waals surface area contributed by atoms with E-state index in [0.29, 0.717) is 10.6 Å². The van der Waals surface area contributed by atoms with Crippen molar-refractivity contribution in [3.63, 3.8) is 0 Å². The average Bonchev–Trinajstić information content (AvgIpc) is 2.64. The lowest BCUT2D eigenvalue weighted by Gasteiger charge is -2.05. The third-order valence-corrected chi connectivity index (χ3v) is 2.93. The summed E-state index contributed by atoms with van der Waals surface area (Å²) < 4.78 is 2.77. The maximum atomic E-state index is 7.33. The van der Waals surface area contributed by atoms with Crippen LogP contribution in [0.3, 0.4) is 0 Å². The van der Waals surface area contributed by atoms with Gasteiger partial charge in [0.15, 0.2) is 0 Å². The van der Waals surface area contributed by atoms with E-state index in [1.807, 2.05) is 12.3 Å². The van der Waals surface area contributed by atoms with Crippen molar-refractivity contribution in [3.05, 3.63) is 44.7 Å². The zero-order valence-electron chi connectivity index (χ0n) is 8.11. The zero-order valence-corrected chi connectivity index (χ0v) is 11.0. The molecule has 0 atom stereocenters. The Morgan fingerprint density at radius 1 is 1.50 bits per heavy atom. The van der Waals surface area contributed by atoms with E-state index >= 15 is 0 Å². The van der Waals surface area contributed by atoms with Crippen molar-refractivity contribution >= 4 is 40.0 Å². The molecule has 3 N–H and O–H groups in total. The fourth-order valence-corrected chi connectivity index (χ4v) is 1.97. The minimum atomic E-state index is -0.0356. The van der Waals surface area contributed by atoms with Crippen LogP contribution in [0.5, 0.6) is 0 Å². The first-order chi connectivity index (χ1) is 7.58. The highest BCUT2D eigenvalue weighted by Crippen LogP contribution is 2.20. The summed E-state index contributed by atoms with van der Waals surface area (Å²) in [4.78, 5) is 0. The second kappa shape index (κ2) is 4.42. The van der Waals surface area contributed by atoms with E-state index in [4.69, 9.17) is 22.7 Å². The first-order valence-corrected chi connectivity index (χ1v) is 5.88. The third kappa shape index (κ3) is 2.19. The van der Waals surface area contributed by atoms with E-state index in [0.717, 1.165) is 9.26 Å². The fourth-order valence-electron chi connectivity index (χ4n) is 1.31. The van der Waals surface area contributed by atoms with E-state index < -0.39 is 0 Å². The molecule has 0 saturated heterocycles. The smallest absolute Gasteiger partial charge is 0.124 e. The summed E-state index contributed by atoms with van der Waals surface area (Å²) in [5, 5.41) is 11.9. The molecule has 1 aromatic carbocycles. The van der Waals surface area contributed by atoms with Crippen LogP contribution in [0.1, 0.15) is 5.56 Å². The maximum absolute atomic E-state index is 7.33. The van der Waals surface area contributed by atoms with Crippen LogP contribution >= 0.6 is 34.2 Å². The molecule has 0 radical (unpaired) electrons. The summed E-state index contributed by atoms with van der Waals surface area (Å²) in [5.41, 5.74) is 6.76. The Hall–Kier alpha value is -1.08. The largest absolute Gasteiger partial charge is 0.384 e. The maximum Gasteiger partial charge on any atom is 0.124 e. The van der Waals surface area contributed by atoms with Gasteiger partial charge in [0, 0.05) is 11.8 Å². The molecule has 6 heteroatoms. The number of nitrogens with two attached hydrogens (primary N) is 1. The molecule has 0 aliphatic heterocycles. The van der Waals surface area contributed by atoms with Gasteiger partial charge in [-0.05, 0) is 40.8 Å². The Balaban J connectivity index is 2.45. The highest BCUT2D eigenvalue weighted by atomic mass is 127. The molecule has 0 aliphatic carbocycles. The molecule has 0 aliphatic rings. The van der Waals surface area contributed by atoms with E-state index in [9.17, 15) is 0 Å². The summed E-state index contributed by atoms with van der Waals surface area (Å²) in [7, 11) is 0. The zero-order chi connectivity index (χ0) is 11.7. The molecular weight excluding hydrogens is 338 g/mol. The summed E-state index contributed by atoms with van der Waals surface area (Å²) in [6.45, 7) is 0. The molecule has 0 amide bonds. The van der Waals surface area contributed by atoms with E-state index in [1.54, 1.807) is 23.0 Å². The molecule has 0 saturated carbocycles. The number of nitrogen functional groups attached to an aromatic ring is 1. The SMILES string of the molecule is N=C(N)c1ccc(-n2cc(I)cn2)cc1Cl. The number of rotatable bonds is 2. The molecular formula is C10H8ClIN4. The Morgan fingerprint density at radius 3 is 2.75 bits per heavy atom. The van der Waals surface area contributed by atoms with Gasteiger partial charge in [-0.2, -0.15) is 5.10 Å². The number of hydrogen-bond donors (Lipinski definition) is 2. The highest BCUT2D eigenvalue weighted by molar-refractivity contribution is 14.1. The van der Waals surface area contributed by atoms with Gasteiger partial charge in [-0.15, -0.1) is 0 Å². The molecule has 1 heterocycles. The monoisotopic (exact) mass is 346 g/mol. The fraction of sp³-hybridized carbons (Fsp3) is 0. The Bertz CT molecular complexity index is 550. The quantitative estimate of drug-likeness (QED) is 0.498. The van der Waals surface area contributed by atoms with Crippen LogP contribution in [0.4, 0.5) is 0 Å². The van der Waals surface area contributed by atoms with Crippen LogP contribution in [-0.2, 0) is 0 Å². The van der Waals surface area contributed by atoms with Gasteiger partial charge in [-0.3, -0.25) is 5.41 Å². The molecule has 16 heavy (non-hydrogen) atoms. The lowest BCUT2D eigenvalue weighted by Crippen LogP contribution is -2.11. The van der Waals surface area contributed by atoms with Crippen LogP contribution in [-0.4, -0.2) is 15.6 Å². The molecule has 2 aromatic rings. The highest BCUT2D eigenvalue weighted by Gasteiger charge is 2.06. The van der Waals surface area contributed by atoms with Gasteiger partial charge in [-0.25, -0.2) is 4.68 Å². The van der Waals surface area contributed by atoms with Crippen molar-refractivity contribution in [2.75, 3.05) is 0 Å². The summed E-state index contributed by atoms with van der Waals surface area (Å²) in [6, 6.07) is 5.28.